The number of nitrogens with zero attached hydrogens (tertiary/aromatic N) is 1. The van der Waals surface area contributed by atoms with E-state index in [1.54, 1.807) is 0 Å². The summed E-state index contributed by atoms with van der Waals surface area (Å²) in [5.74, 6) is 1.01. The Kier molecular flexibility index (Phi) is 4.00. The molecule has 1 heterocycles. The molecule has 0 saturated carbocycles. The smallest absolute Gasteiger partial charge is 0.147 e. The second kappa shape index (κ2) is 6.08. The van der Waals surface area contributed by atoms with Gasteiger partial charge in [-0.2, -0.15) is 0 Å². The van der Waals surface area contributed by atoms with E-state index in [4.69, 9.17) is 4.74 Å². The molecule has 1 aliphatic rings. The molecule has 0 spiro atoms. The van der Waals surface area contributed by atoms with Crippen LogP contribution in [0.2, 0.25) is 0 Å². The molecule has 3 rings (SSSR count). The van der Waals surface area contributed by atoms with Crippen LogP contribution in [0.4, 0.5) is 11.4 Å². The normalized spacial score (nSPS) is 13.0. The standard InChI is InChI=1S/C18H22N2O/c1-3-20(17-10-5-4-7-14(17)2)13-15-8-6-9-16-18(15)21-12-11-19-16/h4-10,19H,3,11-13H2,1-2H3. The third-order valence-corrected chi connectivity index (χ3v) is 3.96. The first kappa shape index (κ1) is 13.8. The third kappa shape index (κ3) is 2.82. The molecule has 0 amide bonds. The molecule has 1 N–H and O–H groups in total. The van der Waals surface area contributed by atoms with Crippen molar-refractivity contribution in [3.05, 3.63) is 53.6 Å². The highest BCUT2D eigenvalue weighted by atomic mass is 16.5. The fourth-order valence-electron chi connectivity index (χ4n) is 2.85. The molecule has 0 bridgehead atoms. The van der Waals surface area contributed by atoms with Crippen molar-refractivity contribution in [2.45, 2.75) is 20.4 Å². The van der Waals surface area contributed by atoms with Gasteiger partial charge in [0.25, 0.3) is 0 Å². The van der Waals surface area contributed by atoms with Crippen LogP contribution in [0.3, 0.4) is 0 Å². The lowest BCUT2D eigenvalue weighted by molar-refractivity contribution is 0.319. The zero-order valence-electron chi connectivity index (χ0n) is 12.7. The molecule has 21 heavy (non-hydrogen) atoms. The Morgan fingerprint density at radius 2 is 2.00 bits per heavy atom. The largest absolute Gasteiger partial charge is 0.489 e. The Balaban J connectivity index is 1.90. The topological polar surface area (TPSA) is 24.5 Å². The van der Waals surface area contributed by atoms with Crippen molar-refractivity contribution in [2.24, 2.45) is 0 Å². The van der Waals surface area contributed by atoms with Crippen LogP contribution < -0.4 is 15.0 Å². The Morgan fingerprint density at radius 3 is 2.81 bits per heavy atom. The van der Waals surface area contributed by atoms with E-state index in [0.717, 1.165) is 37.7 Å². The summed E-state index contributed by atoms with van der Waals surface area (Å²) >= 11 is 0. The molecule has 2 aromatic rings. The van der Waals surface area contributed by atoms with Gasteiger partial charge in [0.2, 0.25) is 0 Å². The number of fused-ring (bicyclic) bond motifs is 1. The van der Waals surface area contributed by atoms with E-state index in [-0.39, 0.29) is 0 Å². The zero-order valence-corrected chi connectivity index (χ0v) is 12.7. The summed E-state index contributed by atoms with van der Waals surface area (Å²) in [4.78, 5) is 2.39. The second-order valence-electron chi connectivity index (χ2n) is 5.37. The first-order chi connectivity index (χ1) is 10.3. The van der Waals surface area contributed by atoms with E-state index >= 15 is 0 Å². The Bertz CT molecular complexity index is 624. The number of hydrogen-bond acceptors (Lipinski definition) is 3. The van der Waals surface area contributed by atoms with Crippen LogP contribution in [0.25, 0.3) is 0 Å². The van der Waals surface area contributed by atoms with E-state index in [1.165, 1.54) is 16.8 Å². The zero-order chi connectivity index (χ0) is 14.7. The predicted molar refractivity (Wildman–Crippen MR) is 88.3 cm³/mol. The van der Waals surface area contributed by atoms with Crippen LogP contribution in [-0.4, -0.2) is 19.7 Å². The van der Waals surface area contributed by atoms with Gasteiger partial charge in [-0.25, -0.2) is 0 Å². The van der Waals surface area contributed by atoms with Crippen LogP contribution in [0.1, 0.15) is 18.1 Å². The fourth-order valence-corrected chi connectivity index (χ4v) is 2.85. The lowest BCUT2D eigenvalue weighted by Gasteiger charge is -2.28. The maximum Gasteiger partial charge on any atom is 0.147 e. The number of ether oxygens (including phenoxy) is 1. The molecule has 0 radical (unpaired) electrons. The van der Waals surface area contributed by atoms with Crippen LogP contribution in [0, 0.1) is 6.92 Å². The first-order valence-corrected chi connectivity index (χ1v) is 7.58. The Morgan fingerprint density at radius 1 is 1.14 bits per heavy atom. The number of benzene rings is 2. The first-order valence-electron chi connectivity index (χ1n) is 7.58. The molecular formula is C18H22N2O. The number of para-hydroxylation sites is 2. The summed E-state index contributed by atoms with van der Waals surface area (Å²) in [6, 6.07) is 14.9. The molecule has 0 atom stereocenters. The van der Waals surface area contributed by atoms with Crippen LogP contribution in [0.15, 0.2) is 42.5 Å². The van der Waals surface area contributed by atoms with Crippen LogP contribution in [-0.2, 0) is 6.54 Å². The van der Waals surface area contributed by atoms with Crippen molar-refractivity contribution < 1.29 is 4.74 Å². The van der Waals surface area contributed by atoms with Crippen molar-refractivity contribution in [1.29, 1.82) is 0 Å². The molecule has 3 nitrogen and oxygen atoms in total. The molecule has 3 heteroatoms. The van der Waals surface area contributed by atoms with Gasteiger partial charge in [0.05, 0.1) is 5.69 Å². The molecule has 110 valence electrons. The highest BCUT2D eigenvalue weighted by Crippen LogP contribution is 2.33. The van der Waals surface area contributed by atoms with E-state index in [1.807, 2.05) is 0 Å². The lowest BCUT2D eigenvalue weighted by atomic mass is 10.1. The minimum atomic E-state index is 0.737. The fraction of sp³-hybridized carbons (Fsp3) is 0.333. The number of hydrogen-bond donors (Lipinski definition) is 1. The highest BCUT2D eigenvalue weighted by molar-refractivity contribution is 5.63. The molecular weight excluding hydrogens is 260 g/mol. The van der Waals surface area contributed by atoms with E-state index in [0.29, 0.717) is 0 Å². The van der Waals surface area contributed by atoms with Crippen molar-refractivity contribution in [3.63, 3.8) is 0 Å². The van der Waals surface area contributed by atoms with E-state index in [9.17, 15) is 0 Å². The minimum Gasteiger partial charge on any atom is -0.489 e. The quantitative estimate of drug-likeness (QED) is 0.922. The Hall–Kier alpha value is -2.16. The van der Waals surface area contributed by atoms with Crippen molar-refractivity contribution in [2.75, 3.05) is 29.9 Å². The van der Waals surface area contributed by atoms with Crippen LogP contribution >= 0.6 is 0 Å². The highest BCUT2D eigenvalue weighted by Gasteiger charge is 2.16. The average Bonchev–Trinajstić information content (AvgIpc) is 2.53. The number of anilines is 2. The van der Waals surface area contributed by atoms with Gasteiger partial charge < -0.3 is 15.0 Å². The maximum absolute atomic E-state index is 5.88. The molecule has 1 aliphatic heterocycles. The van der Waals surface area contributed by atoms with Crippen LogP contribution in [0.5, 0.6) is 5.75 Å². The summed E-state index contributed by atoms with van der Waals surface area (Å²) in [6.45, 7) is 7.82. The van der Waals surface area contributed by atoms with Gasteiger partial charge in [0.1, 0.15) is 12.4 Å². The summed E-state index contributed by atoms with van der Waals surface area (Å²) in [5, 5.41) is 3.40. The van der Waals surface area contributed by atoms with Gasteiger partial charge in [-0.05, 0) is 31.5 Å². The molecule has 0 fully saturated rings. The molecule has 0 aromatic heterocycles. The molecule has 0 aliphatic carbocycles. The van der Waals surface area contributed by atoms with Gasteiger partial charge in [-0.15, -0.1) is 0 Å². The van der Waals surface area contributed by atoms with Gasteiger partial charge in [-0.3, -0.25) is 0 Å². The van der Waals surface area contributed by atoms with Crippen molar-refractivity contribution >= 4 is 11.4 Å². The summed E-state index contributed by atoms with van der Waals surface area (Å²) in [5.41, 5.74) is 4.95. The molecule has 2 aromatic carbocycles. The SMILES string of the molecule is CCN(Cc1cccc2c1OCCN2)c1ccccc1C. The van der Waals surface area contributed by atoms with E-state index < -0.39 is 0 Å². The van der Waals surface area contributed by atoms with Gasteiger partial charge in [0, 0.05) is 30.9 Å². The number of rotatable bonds is 4. The summed E-state index contributed by atoms with van der Waals surface area (Å²) < 4.78 is 5.88. The maximum atomic E-state index is 5.88. The van der Waals surface area contributed by atoms with E-state index in [2.05, 4.69) is 66.5 Å². The average molecular weight is 282 g/mol. The van der Waals surface area contributed by atoms with Crippen molar-refractivity contribution in [3.8, 4) is 5.75 Å². The van der Waals surface area contributed by atoms with Gasteiger partial charge in [-0.1, -0.05) is 30.3 Å². The predicted octanol–water partition coefficient (Wildman–Crippen LogP) is 3.83. The Labute approximate surface area is 126 Å². The monoisotopic (exact) mass is 282 g/mol. The minimum absolute atomic E-state index is 0.737. The number of nitrogens with one attached hydrogen (secondary N) is 1. The van der Waals surface area contributed by atoms with Gasteiger partial charge >= 0.3 is 0 Å². The third-order valence-electron chi connectivity index (χ3n) is 3.96. The number of aryl methyl sites for hydroxylation is 1. The van der Waals surface area contributed by atoms with Crippen molar-refractivity contribution in [1.82, 2.24) is 0 Å². The summed E-state index contributed by atoms with van der Waals surface area (Å²) in [6.07, 6.45) is 0. The van der Waals surface area contributed by atoms with Gasteiger partial charge in [0.15, 0.2) is 0 Å². The molecule has 0 saturated heterocycles. The molecule has 0 unspecified atom stereocenters. The lowest BCUT2D eigenvalue weighted by Crippen LogP contribution is -2.25. The second-order valence-corrected chi connectivity index (χ2v) is 5.37. The summed E-state index contributed by atoms with van der Waals surface area (Å²) in [7, 11) is 0.